The molecule has 0 bridgehead atoms. The van der Waals surface area contributed by atoms with Crippen LogP contribution >= 0.6 is 0 Å². The molecular weight excluding hydrogens is 378 g/mol. The molecule has 30 heavy (non-hydrogen) atoms. The predicted octanol–water partition coefficient (Wildman–Crippen LogP) is 4.64. The first-order valence-electron chi connectivity index (χ1n) is 10.2. The molecule has 2 heterocycles. The van der Waals surface area contributed by atoms with Gasteiger partial charge < -0.3 is 14.8 Å². The number of carbonyl (C=O) groups excluding carboxylic acids is 1. The van der Waals surface area contributed by atoms with Crippen molar-refractivity contribution in [1.29, 1.82) is 0 Å². The highest BCUT2D eigenvalue weighted by Gasteiger charge is 2.34. The Bertz CT molecular complexity index is 1100. The Balaban J connectivity index is 1.85. The molecule has 4 rings (SSSR count). The molecule has 0 saturated carbocycles. The van der Waals surface area contributed by atoms with Crippen LogP contribution in [-0.4, -0.2) is 35.8 Å². The number of esters is 1. The van der Waals surface area contributed by atoms with Crippen LogP contribution in [0.4, 0.5) is 5.95 Å². The fourth-order valence-corrected chi connectivity index (χ4v) is 3.90. The maximum Gasteiger partial charge on any atom is 0.338 e. The van der Waals surface area contributed by atoms with Gasteiger partial charge in [0.25, 0.3) is 0 Å². The van der Waals surface area contributed by atoms with Gasteiger partial charge in [0.1, 0.15) is 6.61 Å². The number of hydrogen-bond acceptors (Lipinski definition) is 5. The number of allylic oxidation sites excluding steroid dienone is 1. The van der Waals surface area contributed by atoms with Gasteiger partial charge in [-0.3, -0.25) is 4.57 Å². The number of methoxy groups -OCH3 is 1. The van der Waals surface area contributed by atoms with Crippen LogP contribution in [-0.2, 0) is 14.3 Å². The van der Waals surface area contributed by atoms with Crippen LogP contribution in [0.5, 0.6) is 0 Å². The zero-order valence-electron chi connectivity index (χ0n) is 17.8. The SMILES string of the molecule is COCCOC(=O)C1=C(C)Nc2nc3ccccc3n2C1c1ccc(C(C)C)cc1. The molecule has 1 unspecified atom stereocenters. The smallest absolute Gasteiger partial charge is 0.338 e. The maximum absolute atomic E-state index is 13.1. The number of hydrogen-bond donors (Lipinski definition) is 1. The number of rotatable bonds is 6. The summed E-state index contributed by atoms with van der Waals surface area (Å²) in [6, 6.07) is 16.1. The summed E-state index contributed by atoms with van der Waals surface area (Å²) in [5.74, 6) is 0.811. The molecule has 6 nitrogen and oxygen atoms in total. The normalized spacial score (nSPS) is 16.0. The molecule has 0 saturated heterocycles. The summed E-state index contributed by atoms with van der Waals surface area (Å²) in [5, 5.41) is 3.30. The Morgan fingerprint density at radius 3 is 2.57 bits per heavy atom. The van der Waals surface area contributed by atoms with Gasteiger partial charge in [0.05, 0.1) is 29.3 Å². The zero-order valence-corrected chi connectivity index (χ0v) is 17.8. The summed E-state index contributed by atoms with van der Waals surface area (Å²) in [6.07, 6.45) is 0. The van der Waals surface area contributed by atoms with Crippen molar-refractivity contribution >= 4 is 23.0 Å². The Morgan fingerprint density at radius 2 is 1.87 bits per heavy atom. The highest BCUT2D eigenvalue weighted by molar-refractivity contribution is 5.94. The van der Waals surface area contributed by atoms with Crippen molar-refractivity contribution in [3.8, 4) is 0 Å². The molecule has 1 aliphatic heterocycles. The lowest BCUT2D eigenvalue weighted by Gasteiger charge is -2.30. The van der Waals surface area contributed by atoms with Crippen LogP contribution in [0.2, 0.25) is 0 Å². The molecule has 0 amide bonds. The molecule has 0 radical (unpaired) electrons. The summed E-state index contributed by atoms with van der Waals surface area (Å²) < 4.78 is 12.6. The van der Waals surface area contributed by atoms with E-state index in [1.807, 2.05) is 31.2 Å². The second-order valence-electron chi connectivity index (χ2n) is 7.81. The fraction of sp³-hybridized carbons (Fsp3) is 0.333. The van der Waals surface area contributed by atoms with Gasteiger partial charge in [-0.15, -0.1) is 0 Å². The Labute approximate surface area is 176 Å². The van der Waals surface area contributed by atoms with Crippen molar-refractivity contribution in [1.82, 2.24) is 9.55 Å². The molecule has 1 aliphatic rings. The molecule has 1 atom stereocenters. The van der Waals surface area contributed by atoms with E-state index < -0.39 is 0 Å². The number of imidazole rings is 1. The van der Waals surface area contributed by atoms with E-state index in [4.69, 9.17) is 14.5 Å². The number of ether oxygens (including phenoxy) is 2. The number of fused-ring (bicyclic) bond motifs is 3. The molecular formula is C24H27N3O3. The van der Waals surface area contributed by atoms with E-state index in [0.29, 0.717) is 18.1 Å². The van der Waals surface area contributed by atoms with Crippen molar-refractivity contribution in [3.63, 3.8) is 0 Å². The average Bonchev–Trinajstić information content (AvgIpc) is 3.10. The van der Waals surface area contributed by atoms with E-state index in [-0.39, 0.29) is 18.6 Å². The minimum absolute atomic E-state index is 0.211. The number of aromatic nitrogens is 2. The number of nitrogens with zero attached hydrogens (tertiary/aromatic N) is 2. The van der Waals surface area contributed by atoms with Crippen LogP contribution in [0.25, 0.3) is 11.0 Å². The molecule has 1 N–H and O–H groups in total. The second kappa shape index (κ2) is 8.32. The fourth-order valence-electron chi connectivity index (χ4n) is 3.90. The van der Waals surface area contributed by atoms with Gasteiger partial charge in [0.15, 0.2) is 0 Å². The standard InChI is InChI=1S/C24H27N3O3/c1-15(2)17-9-11-18(12-10-17)22-21(23(28)30-14-13-29-4)16(3)25-24-26-19-7-5-6-8-20(19)27(22)24/h5-12,15,22H,13-14H2,1-4H3,(H,25,26). The largest absolute Gasteiger partial charge is 0.460 e. The minimum Gasteiger partial charge on any atom is -0.460 e. The van der Waals surface area contributed by atoms with Gasteiger partial charge in [0, 0.05) is 12.8 Å². The number of para-hydroxylation sites is 2. The number of nitrogens with one attached hydrogen (secondary N) is 1. The van der Waals surface area contributed by atoms with Gasteiger partial charge in [0.2, 0.25) is 5.95 Å². The predicted molar refractivity (Wildman–Crippen MR) is 118 cm³/mol. The summed E-state index contributed by atoms with van der Waals surface area (Å²) in [7, 11) is 1.59. The first kappa shape index (κ1) is 20.2. The first-order valence-corrected chi connectivity index (χ1v) is 10.2. The topological polar surface area (TPSA) is 65.4 Å². The molecule has 2 aromatic carbocycles. The van der Waals surface area contributed by atoms with E-state index in [0.717, 1.165) is 28.2 Å². The molecule has 1 aromatic heterocycles. The van der Waals surface area contributed by atoms with Crippen LogP contribution < -0.4 is 5.32 Å². The zero-order chi connectivity index (χ0) is 21.3. The maximum atomic E-state index is 13.1. The number of anilines is 1. The van der Waals surface area contributed by atoms with Crippen molar-refractivity contribution in [3.05, 3.63) is 70.9 Å². The monoisotopic (exact) mass is 405 g/mol. The average molecular weight is 405 g/mol. The molecule has 0 fully saturated rings. The molecule has 6 heteroatoms. The third kappa shape index (κ3) is 3.59. The Hall–Kier alpha value is -3.12. The van der Waals surface area contributed by atoms with Gasteiger partial charge >= 0.3 is 5.97 Å². The lowest BCUT2D eigenvalue weighted by atomic mass is 9.93. The summed E-state index contributed by atoms with van der Waals surface area (Å²) >= 11 is 0. The summed E-state index contributed by atoms with van der Waals surface area (Å²) in [5.41, 5.74) is 5.45. The lowest BCUT2D eigenvalue weighted by Crippen LogP contribution is -2.29. The van der Waals surface area contributed by atoms with E-state index in [9.17, 15) is 4.79 Å². The van der Waals surface area contributed by atoms with E-state index in [2.05, 4.69) is 48.0 Å². The Morgan fingerprint density at radius 1 is 1.13 bits per heavy atom. The van der Waals surface area contributed by atoms with Crippen molar-refractivity contribution < 1.29 is 14.3 Å². The minimum atomic E-state index is -0.349. The summed E-state index contributed by atoms with van der Waals surface area (Å²) in [4.78, 5) is 17.8. The van der Waals surface area contributed by atoms with Crippen molar-refractivity contribution in [2.24, 2.45) is 0 Å². The molecule has 0 spiro atoms. The van der Waals surface area contributed by atoms with Crippen LogP contribution in [0.15, 0.2) is 59.8 Å². The highest BCUT2D eigenvalue weighted by Crippen LogP contribution is 2.39. The van der Waals surface area contributed by atoms with Crippen LogP contribution in [0, 0.1) is 0 Å². The Kier molecular flexibility index (Phi) is 5.59. The third-order valence-corrected chi connectivity index (χ3v) is 5.49. The molecule has 156 valence electrons. The van der Waals surface area contributed by atoms with E-state index in [1.54, 1.807) is 7.11 Å². The van der Waals surface area contributed by atoms with Crippen molar-refractivity contribution in [2.45, 2.75) is 32.7 Å². The van der Waals surface area contributed by atoms with Crippen LogP contribution in [0.3, 0.4) is 0 Å². The van der Waals surface area contributed by atoms with Gasteiger partial charge in [-0.1, -0.05) is 50.2 Å². The lowest BCUT2D eigenvalue weighted by molar-refractivity contribution is -0.140. The van der Waals surface area contributed by atoms with E-state index >= 15 is 0 Å². The van der Waals surface area contributed by atoms with Crippen LogP contribution in [0.1, 0.15) is 43.9 Å². The summed E-state index contributed by atoms with van der Waals surface area (Å²) in [6.45, 7) is 6.81. The number of benzene rings is 2. The highest BCUT2D eigenvalue weighted by atomic mass is 16.6. The third-order valence-electron chi connectivity index (χ3n) is 5.49. The van der Waals surface area contributed by atoms with Crippen molar-refractivity contribution in [2.75, 3.05) is 25.6 Å². The van der Waals surface area contributed by atoms with Gasteiger partial charge in [-0.2, -0.15) is 0 Å². The van der Waals surface area contributed by atoms with Gasteiger partial charge in [-0.25, -0.2) is 9.78 Å². The number of carbonyl (C=O) groups is 1. The second-order valence-corrected chi connectivity index (χ2v) is 7.81. The molecule has 3 aromatic rings. The first-order chi connectivity index (χ1) is 14.5. The quantitative estimate of drug-likeness (QED) is 0.478. The molecule has 0 aliphatic carbocycles. The van der Waals surface area contributed by atoms with Gasteiger partial charge in [-0.05, 0) is 36.1 Å². The van der Waals surface area contributed by atoms with E-state index in [1.165, 1.54) is 5.56 Å².